The molecule has 1 aromatic carbocycles. The lowest BCUT2D eigenvalue weighted by atomic mass is 10.3. The molecule has 0 radical (unpaired) electrons. The predicted molar refractivity (Wildman–Crippen MR) is 67.8 cm³/mol. The highest BCUT2D eigenvalue weighted by molar-refractivity contribution is 14.1. The van der Waals surface area contributed by atoms with Gasteiger partial charge in [-0.1, -0.05) is 0 Å². The normalized spacial score (nSPS) is 11.9. The molecule has 0 bridgehead atoms. The topological polar surface area (TPSA) is 73.6 Å². The van der Waals surface area contributed by atoms with Crippen LogP contribution in [0.25, 0.3) is 0 Å². The number of ether oxygens (including phenoxy) is 2. The molecule has 0 aliphatic rings. The Kier molecular flexibility index (Phi) is 5.50. The Labute approximate surface area is 107 Å². The minimum absolute atomic E-state index is 0.148. The summed E-state index contributed by atoms with van der Waals surface area (Å²) in [6, 6.07) is 7.35. The molecule has 3 N–H and O–H groups in total. The minimum atomic E-state index is -0.741. The number of benzene rings is 1. The fraction of sp³-hybridized carbons (Fsp3) is 0.300. The van der Waals surface area contributed by atoms with Crippen LogP contribution < -0.4 is 16.0 Å². The fourth-order valence-electron chi connectivity index (χ4n) is 1.08. The van der Waals surface area contributed by atoms with Crippen molar-refractivity contribution in [3.63, 3.8) is 0 Å². The van der Waals surface area contributed by atoms with Crippen molar-refractivity contribution < 1.29 is 14.3 Å². The second-order valence-corrected chi connectivity index (χ2v) is 4.27. The van der Waals surface area contributed by atoms with Crippen LogP contribution in [0.3, 0.4) is 0 Å². The Hall–Kier alpha value is -0.860. The lowest BCUT2D eigenvalue weighted by molar-refractivity contribution is -0.130. The van der Waals surface area contributed by atoms with Crippen LogP contribution in [-0.2, 0) is 9.53 Å². The largest absolute Gasteiger partial charge is 0.478 e. The molecule has 6 heteroatoms. The molecule has 0 aliphatic carbocycles. The van der Waals surface area contributed by atoms with Crippen molar-refractivity contribution in [3.8, 4) is 5.75 Å². The molecule has 0 spiro atoms. The standard InChI is InChI=1S/C10H13IN2O3/c1-15-6-9(10(14)13-12)16-8-4-2-7(11)3-5-8/h2-5,9H,6,12H2,1H3,(H,13,14). The van der Waals surface area contributed by atoms with E-state index in [4.69, 9.17) is 15.3 Å². The van der Waals surface area contributed by atoms with Crippen LogP contribution in [0.4, 0.5) is 0 Å². The number of carbonyl (C=O) groups excluding carboxylic acids is 1. The van der Waals surface area contributed by atoms with Gasteiger partial charge in [-0.3, -0.25) is 10.2 Å². The minimum Gasteiger partial charge on any atom is -0.478 e. The fourth-order valence-corrected chi connectivity index (χ4v) is 1.44. The Balaban J connectivity index is 2.67. The first-order chi connectivity index (χ1) is 7.67. The first-order valence-electron chi connectivity index (χ1n) is 4.59. The summed E-state index contributed by atoms with van der Waals surface area (Å²) in [5, 5.41) is 0. The van der Waals surface area contributed by atoms with E-state index < -0.39 is 12.0 Å². The molecule has 88 valence electrons. The maximum atomic E-state index is 11.3. The SMILES string of the molecule is COCC(Oc1ccc(I)cc1)C(=O)NN. The second kappa shape index (κ2) is 6.66. The summed E-state index contributed by atoms with van der Waals surface area (Å²) in [4.78, 5) is 11.3. The number of hydrazine groups is 1. The van der Waals surface area contributed by atoms with Gasteiger partial charge in [-0.15, -0.1) is 0 Å². The van der Waals surface area contributed by atoms with Crippen molar-refractivity contribution in [2.24, 2.45) is 5.84 Å². The molecule has 1 rings (SSSR count). The Morgan fingerprint density at radius 2 is 2.12 bits per heavy atom. The van der Waals surface area contributed by atoms with Gasteiger partial charge in [0.1, 0.15) is 5.75 Å². The quantitative estimate of drug-likeness (QED) is 0.359. The summed E-state index contributed by atoms with van der Waals surface area (Å²) in [5.74, 6) is 5.23. The Morgan fingerprint density at radius 1 is 1.50 bits per heavy atom. The zero-order valence-electron chi connectivity index (χ0n) is 8.77. The van der Waals surface area contributed by atoms with Crippen molar-refractivity contribution >= 4 is 28.5 Å². The van der Waals surface area contributed by atoms with E-state index in [9.17, 15) is 4.79 Å². The highest BCUT2D eigenvalue weighted by Crippen LogP contribution is 2.15. The highest BCUT2D eigenvalue weighted by atomic mass is 127. The van der Waals surface area contributed by atoms with Gasteiger partial charge < -0.3 is 9.47 Å². The van der Waals surface area contributed by atoms with Gasteiger partial charge in [-0.2, -0.15) is 0 Å². The zero-order valence-corrected chi connectivity index (χ0v) is 10.9. The molecule has 0 saturated heterocycles. The second-order valence-electron chi connectivity index (χ2n) is 3.02. The van der Waals surface area contributed by atoms with Crippen LogP contribution in [0, 0.1) is 3.57 Å². The van der Waals surface area contributed by atoms with Crippen molar-refractivity contribution in [3.05, 3.63) is 27.8 Å². The number of nitrogens with one attached hydrogen (secondary N) is 1. The summed E-state index contributed by atoms with van der Waals surface area (Å²) in [5.41, 5.74) is 2.04. The molecule has 5 nitrogen and oxygen atoms in total. The number of amides is 1. The molecule has 0 aromatic heterocycles. The van der Waals surface area contributed by atoms with Crippen molar-refractivity contribution in [1.82, 2.24) is 5.43 Å². The van der Waals surface area contributed by atoms with Crippen molar-refractivity contribution in [2.45, 2.75) is 6.10 Å². The molecular weight excluding hydrogens is 323 g/mol. The molecule has 1 aromatic rings. The van der Waals surface area contributed by atoms with E-state index in [2.05, 4.69) is 22.6 Å². The van der Waals surface area contributed by atoms with Crippen molar-refractivity contribution in [2.75, 3.05) is 13.7 Å². The number of methoxy groups -OCH3 is 1. The average molecular weight is 336 g/mol. The predicted octanol–water partition coefficient (Wildman–Crippen LogP) is 0.675. The van der Waals surface area contributed by atoms with E-state index in [0.717, 1.165) is 3.57 Å². The lowest BCUT2D eigenvalue weighted by Crippen LogP contribution is -2.44. The van der Waals surface area contributed by atoms with Gasteiger partial charge in [0.15, 0.2) is 0 Å². The van der Waals surface area contributed by atoms with E-state index in [0.29, 0.717) is 5.75 Å². The van der Waals surface area contributed by atoms with Crippen LogP contribution in [-0.4, -0.2) is 25.7 Å². The van der Waals surface area contributed by atoms with E-state index in [-0.39, 0.29) is 6.61 Å². The zero-order chi connectivity index (χ0) is 12.0. The first-order valence-corrected chi connectivity index (χ1v) is 5.67. The third-order valence-electron chi connectivity index (χ3n) is 1.84. The summed E-state index contributed by atoms with van der Waals surface area (Å²) in [6.07, 6.45) is -0.741. The van der Waals surface area contributed by atoms with E-state index in [1.807, 2.05) is 17.6 Å². The van der Waals surface area contributed by atoms with Gasteiger partial charge >= 0.3 is 0 Å². The molecule has 1 amide bonds. The monoisotopic (exact) mass is 336 g/mol. The van der Waals surface area contributed by atoms with E-state index in [1.165, 1.54) is 7.11 Å². The smallest absolute Gasteiger partial charge is 0.277 e. The molecular formula is C10H13IN2O3. The number of nitrogens with two attached hydrogens (primary N) is 1. The number of hydrogen-bond acceptors (Lipinski definition) is 4. The Bertz CT molecular complexity index is 342. The van der Waals surface area contributed by atoms with Crippen LogP contribution in [0.1, 0.15) is 0 Å². The molecule has 0 heterocycles. The third-order valence-corrected chi connectivity index (χ3v) is 2.56. The van der Waals surface area contributed by atoms with Crippen LogP contribution >= 0.6 is 22.6 Å². The lowest BCUT2D eigenvalue weighted by Gasteiger charge is -2.16. The van der Waals surface area contributed by atoms with E-state index in [1.54, 1.807) is 12.1 Å². The molecule has 0 saturated carbocycles. The van der Waals surface area contributed by atoms with Gasteiger partial charge in [0.25, 0.3) is 5.91 Å². The number of halogens is 1. The molecule has 1 unspecified atom stereocenters. The van der Waals surface area contributed by atoms with Gasteiger partial charge in [-0.05, 0) is 46.9 Å². The number of hydrogen-bond donors (Lipinski definition) is 2. The molecule has 0 aliphatic heterocycles. The summed E-state index contributed by atoms with van der Waals surface area (Å²) < 4.78 is 11.4. The van der Waals surface area contributed by atoms with Crippen LogP contribution in [0.15, 0.2) is 24.3 Å². The molecule has 1 atom stereocenters. The molecule has 16 heavy (non-hydrogen) atoms. The van der Waals surface area contributed by atoms with Gasteiger partial charge in [0, 0.05) is 10.7 Å². The van der Waals surface area contributed by atoms with Crippen molar-refractivity contribution in [1.29, 1.82) is 0 Å². The number of rotatable bonds is 5. The van der Waals surface area contributed by atoms with Crippen LogP contribution in [0.2, 0.25) is 0 Å². The maximum absolute atomic E-state index is 11.3. The maximum Gasteiger partial charge on any atom is 0.277 e. The highest BCUT2D eigenvalue weighted by Gasteiger charge is 2.19. The summed E-state index contributed by atoms with van der Waals surface area (Å²) >= 11 is 2.19. The van der Waals surface area contributed by atoms with Gasteiger partial charge in [-0.25, -0.2) is 5.84 Å². The van der Waals surface area contributed by atoms with E-state index >= 15 is 0 Å². The number of carbonyl (C=O) groups is 1. The summed E-state index contributed by atoms with van der Waals surface area (Å²) in [6.45, 7) is 0.148. The molecule has 0 fully saturated rings. The third kappa shape index (κ3) is 3.95. The Morgan fingerprint density at radius 3 is 2.62 bits per heavy atom. The first kappa shape index (κ1) is 13.2. The van der Waals surface area contributed by atoms with Crippen LogP contribution in [0.5, 0.6) is 5.75 Å². The van der Waals surface area contributed by atoms with Gasteiger partial charge in [0.2, 0.25) is 6.10 Å². The summed E-state index contributed by atoms with van der Waals surface area (Å²) in [7, 11) is 1.49. The van der Waals surface area contributed by atoms with Gasteiger partial charge in [0.05, 0.1) is 6.61 Å². The average Bonchev–Trinajstić information content (AvgIpc) is 2.30.